The van der Waals surface area contributed by atoms with Crippen LogP contribution >= 0.6 is 11.6 Å². The number of carbonyl (C=O) groups excluding carboxylic acids is 2. The van der Waals surface area contributed by atoms with Crippen LogP contribution in [0.4, 0.5) is 0 Å². The normalized spacial score (nSPS) is 22.9. The van der Waals surface area contributed by atoms with Gasteiger partial charge in [-0.15, -0.1) is 0 Å². The minimum atomic E-state index is -3.74. The summed E-state index contributed by atoms with van der Waals surface area (Å²) < 4.78 is 32.7. The molecule has 1 aliphatic heterocycles. The molecule has 33 heavy (non-hydrogen) atoms. The predicted molar refractivity (Wildman–Crippen MR) is 126 cm³/mol. The van der Waals surface area contributed by atoms with E-state index < -0.39 is 15.9 Å². The van der Waals surface area contributed by atoms with E-state index in [0.29, 0.717) is 53.9 Å². The zero-order valence-electron chi connectivity index (χ0n) is 19.9. The average Bonchev–Trinajstić information content (AvgIpc) is 2.63. The van der Waals surface area contributed by atoms with Crippen LogP contribution in [0, 0.1) is 10.8 Å². The van der Waals surface area contributed by atoms with Crippen LogP contribution in [0.2, 0.25) is 5.02 Å². The third kappa shape index (κ3) is 4.19. The van der Waals surface area contributed by atoms with Gasteiger partial charge in [-0.2, -0.15) is 0 Å². The number of rotatable bonds is 3. The quantitative estimate of drug-likeness (QED) is 0.595. The minimum absolute atomic E-state index is 0.0133. The summed E-state index contributed by atoms with van der Waals surface area (Å²) in [6.07, 6.45) is 1.90. The van der Waals surface area contributed by atoms with E-state index in [9.17, 15) is 18.0 Å². The summed E-state index contributed by atoms with van der Waals surface area (Å²) >= 11 is 6.45. The van der Waals surface area contributed by atoms with Gasteiger partial charge in [0.1, 0.15) is 16.4 Å². The second-order valence-electron chi connectivity index (χ2n) is 11.1. The Morgan fingerprint density at radius 2 is 1.39 bits per heavy atom. The van der Waals surface area contributed by atoms with Gasteiger partial charge in [0.25, 0.3) is 0 Å². The Balaban J connectivity index is 1.91. The van der Waals surface area contributed by atoms with E-state index in [1.807, 2.05) is 27.7 Å². The second kappa shape index (κ2) is 7.79. The molecule has 0 amide bonds. The van der Waals surface area contributed by atoms with Gasteiger partial charge in [-0.25, -0.2) is 12.7 Å². The number of allylic oxidation sites excluding steroid dienone is 4. The Labute approximate surface area is 200 Å². The highest BCUT2D eigenvalue weighted by atomic mass is 35.5. The Bertz CT molecular complexity index is 1190. The third-order valence-electron chi connectivity index (χ3n) is 6.63. The monoisotopic (exact) mass is 491 g/mol. The number of Topliss-reactive ketones (excluding diaryl/α,β-unsaturated/α-hetero) is 2. The van der Waals surface area contributed by atoms with E-state index in [-0.39, 0.29) is 32.3 Å². The largest absolute Gasteiger partial charge is 0.465 e. The van der Waals surface area contributed by atoms with Crippen molar-refractivity contribution >= 4 is 33.2 Å². The number of sulfonamides is 1. The van der Waals surface area contributed by atoms with Crippen LogP contribution in [0.25, 0.3) is 0 Å². The van der Waals surface area contributed by atoms with Crippen LogP contribution in [0.5, 0.6) is 0 Å². The molecular formula is C25H30ClNO5S. The first-order chi connectivity index (χ1) is 15.1. The fourth-order valence-corrected chi connectivity index (χ4v) is 6.53. The van der Waals surface area contributed by atoms with Crippen molar-refractivity contribution in [2.45, 2.75) is 64.2 Å². The number of nitrogens with zero attached hydrogens (tertiary/aromatic N) is 1. The third-order valence-corrected chi connectivity index (χ3v) is 8.93. The van der Waals surface area contributed by atoms with Crippen LogP contribution in [-0.4, -0.2) is 38.4 Å². The first kappa shape index (κ1) is 24.2. The van der Waals surface area contributed by atoms with Gasteiger partial charge < -0.3 is 4.74 Å². The van der Waals surface area contributed by atoms with Crippen LogP contribution in [0.3, 0.4) is 0 Å². The maximum absolute atomic E-state index is 13.3. The van der Waals surface area contributed by atoms with Crippen LogP contribution in [-0.2, 0) is 24.3 Å². The van der Waals surface area contributed by atoms with Crippen molar-refractivity contribution < 1.29 is 22.7 Å². The molecule has 1 aromatic carbocycles. The van der Waals surface area contributed by atoms with Gasteiger partial charge in [-0.3, -0.25) is 9.59 Å². The molecule has 0 N–H and O–H groups in total. The van der Waals surface area contributed by atoms with Gasteiger partial charge in [0, 0.05) is 56.8 Å². The summed E-state index contributed by atoms with van der Waals surface area (Å²) in [4.78, 5) is 26.6. The van der Waals surface area contributed by atoms with Gasteiger partial charge in [0.15, 0.2) is 11.6 Å². The van der Waals surface area contributed by atoms with Crippen LogP contribution in [0.1, 0.15) is 64.9 Å². The zero-order valence-corrected chi connectivity index (χ0v) is 21.5. The van der Waals surface area contributed by atoms with Crippen LogP contribution < -0.4 is 0 Å². The molecular weight excluding hydrogens is 462 g/mol. The van der Waals surface area contributed by atoms with Crippen molar-refractivity contribution in [2.75, 3.05) is 14.1 Å². The molecule has 0 spiro atoms. The lowest BCUT2D eigenvalue weighted by atomic mass is 9.65. The Morgan fingerprint density at radius 1 is 0.909 bits per heavy atom. The molecule has 0 saturated carbocycles. The van der Waals surface area contributed by atoms with E-state index in [1.165, 1.54) is 20.2 Å². The number of carbonyl (C=O) groups is 2. The maximum atomic E-state index is 13.3. The predicted octanol–water partition coefficient (Wildman–Crippen LogP) is 4.99. The Kier molecular flexibility index (Phi) is 5.70. The van der Waals surface area contributed by atoms with E-state index in [4.69, 9.17) is 16.3 Å². The fourth-order valence-electron chi connectivity index (χ4n) is 5.11. The molecule has 0 bridgehead atoms. The first-order valence-electron chi connectivity index (χ1n) is 11.1. The average molecular weight is 492 g/mol. The van der Waals surface area contributed by atoms with Crippen molar-refractivity contribution in [1.82, 2.24) is 4.31 Å². The highest BCUT2D eigenvalue weighted by molar-refractivity contribution is 7.89. The van der Waals surface area contributed by atoms with Crippen molar-refractivity contribution in [3.05, 3.63) is 51.4 Å². The lowest BCUT2D eigenvalue weighted by Crippen LogP contribution is -2.37. The van der Waals surface area contributed by atoms with E-state index in [2.05, 4.69) is 0 Å². The number of benzene rings is 1. The SMILES string of the molecule is CN(C)S(=O)(=O)c1ccc(C2C3=C(CC(C)(C)CC3=O)OC3=C2C(=O)CC(C)(C)C3)cc1Cl. The first-order valence-corrected chi connectivity index (χ1v) is 12.9. The molecule has 0 unspecified atom stereocenters. The number of ketones is 2. The van der Waals surface area contributed by atoms with Gasteiger partial charge in [-0.1, -0.05) is 45.4 Å². The highest BCUT2D eigenvalue weighted by Gasteiger charge is 2.48. The molecule has 1 aromatic rings. The maximum Gasteiger partial charge on any atom is 0.244 e. The van der Waals surface area contributed by atoms with Crippen molar-refractivity contribution in [1.29, 1.82) is 0 Å². The molecule has 1 heterocycles. The van der Waals surface area contributed by atoms with Crippen molar-refractivity contribution in [3.63, 3.8) is 0 Å². The summed E-state index contributed by atoms with van der Waals surface area (Å²) in [6, 6.07) is 4.69. The van der Waals surface area contributed by atoms with Gasteiger partial charge in [0.05, 0.1) is 5.02 Å². The number of ether oxygens (including phenoxy) is 1. The van der Waals surface area contributed by atoms with Gasteiger partial charge >= 0.3 is 0 Å². The Hall–Kier alpha value is -1.96. The molecule has 178 valence electrons. The second-order valence-corrected chi connectivity index (χ2v) is 13.6. The molecule has 0 aromatic heterocycles. The van der Waals surface area contributed by atoms with Crippen LogP contribution in [0.15, 0.2) is 45.8 Å². The summed E-state index contributed by atoms with van der Waals surface area (Å²) in [5.41, 5.74) is 1.14. The highest BCUT2D eigenvalue weighted by Crippen LogP contribution is 2.53. The molecule has 0 atom stereocenters. The van der Waals surface area contributed by atoms with Crippen molar-refractivity contribution in [2.24, 2.45) is 10.8 Å². The molecule has 0 fully saturated rings. The summed E-state index contributed by atoms with van der Waals surface area (Å²) in [7, 11) is -0.852. The topological polar surface area (TPSA) is 80.8 Å². The lowest BCUT2D eigenvalue weighted by Gasteiger charge is -2.42. The zero-order chi connectivity index (χ0) is 24.5. The minimum Gasteiger partial charge on any atom is -0.465 e. The summed E-state index contributed by atoms with van der Waals surface area (Å²) in [5.74, 6) is 0.538. The van der Waals surface area contributed by atoms with Gasteiger partial charge in [0.2, 0.25) is 10.0 Å². The molecule has 0 saturated heterocycles. The summed E-state index contributed by atoms with van der Waals surface area (Å²) in [5, 5.41) is 0.0594. The Morgan fingerprint density at radius 3 is 1.82 bits per heavy atom. The molecule has 3 aliphatic rings. The van der Waals surface area contributed by atoms with E-state index >= 15 is 0 Å². The number of hydrogen-bond acceptors (Lipinski definition) is 5. The van der Waals surface area contributed by atoms with E-state index in [0.717, 1.165) is 4.31 Å². The molecule has 4 rings (SSSR count). The molecule has 6 nitrogen and oxygen atoms in total. The molecule has 8 heteroatoms. The fraction of sp³-hybridized carbons (Fsp3) is 0.520. The summed E-state index contributed by atoms with van der Waals surface area (Å²) in [6.45, 7) is 8.13. The number of halogens is 1. The standard InChI is InChI=1S/C25H30ClNO5S/c1-24(2)10-16(28)22-18(12-24)32-19-13-25(3,4)11-17(29)23(19)21(22)14-7-8-20(15(26)9-14)33(30,31)27(5)6/h7-9,21H,10-13H2,1-6H3. The van der Waals surface area contributed by atoms with Crippen molar-refractivity contribution in [3.8, 4) is 0 Å². The van der Waals surface area contributed by atoms with Gasteiger partial charge in [-0.05, 0) is 28.5 Å². The lowest BCUT2D eigenvalue weighted by molar-refractivity contribution is -0.120. The molecule has 2 aliphatic carbocycles. The van der Waals surface area contributed by atoms with E-state index in [1.54, 1.807) is 12.1 Å². The molecule has 0 radical (unpaired) electrons. The smallest absolute Gasteiger partial charge is 0.244 e. The number of hydrogen-bond donors (Lipinski definition) is 0.